The molecule has 1 amide bonds. The summed E-state index contributed by atoms with van der Waals surface area (Å²) in [6.45, 7) is 4.62. The standard InChI is InChI=1S/C16H18N2O3/c1-16(2)20-10-12(21-16)9-17-15(19)14-8-7-11-5-3-4-6-13(11)18-14/h3-8,12H,9-10H2,1-2H3,(H,17,19). The Morgan fingerprint density at radius 3 is 2.90 bits per heavy atom. The average molecular weight is 286 g/mol. The van der Waals surface area contributed by atoms with Crippen molar-refractivity contribution in [2.45, 2.75) is 25.7 Å². The fourth-order valence-electron chi connectivity index (χ4n) is 2.35. The number of amides is 1. The first-order chi connectivity index (χ1) is 10.0. The highest BCUT2D eigenvalue weighted by Crippen LogP contribution is 2.21. The third kappa shape index (κ3) is 3.20. The van der Waals surface area contributed by atoms with E-state index in [-0.39, 0.29) is 12.0 Å². The number of pyridine rings is 1. The maximum Gasteiger partial charge on any atom is 0.269 e. The lowest BCUT2D eigenvalue weighted by atomic mass is 10.2. The largest absolute Gasteiger partial charge is 0.348 e. The molecule has 21 heavy (non-hydrogen) atoms. The van der Waals surface area contributed by atoms with Crippen LogP contribution in [0.15, 0.2) is 36.4 Å². The number of rotatable bonds is 3. The van der Waals surface area contributed by atoms with E-state index in [9.17, 15) is 4.79 Å². The van der Waals surface area contributed by atoms with Gasteiger partial charge < -0.3 is 14.8 Å². The molecule has 1 aliphatic heterocycles. The molecule has 0 spiro atoms. The van der Waals surface area contributed by atoms with E-state index in [4.69, 9.17) is 9.47 Å². The number of hydrogen-bond donors (Lipinski definition) is 1. The van der Waals surface area contributed by atoms with Gasteiger partial charge in [0.05, 0.1) is 12.1 Å². The van der Waals surface area contributed by atoms with E-state index in [0.29, 0.717) is 18.8 Å². The number of nitrogens with zero attached hydrogens (tertiary/aromatic N) is 1. The van der Waals surface area contributed by atoms with Crippen LogP contribution in [0.25, 0.3) is 10.9 Å². The van der Waals surface area contributed by atoms with E-state index in [1.165, 1.54) is 0 Å². The topological polar surface area (TPSA) is 60.5 Å². The number of carbonyl (C=O) groups is 1. The van der Waals surface area contributed by atoms with E-state index in [1.807, 2.05) is 44.2 Å². The summed E-state index contributed by atoms with van der Waals surface area (Å²) < 4.78 is 11.1. The number of aromatic nitrogens is 1. The molecule has 1 atom stereocenters. The summed E-state index contributed by atoms with van der Waals surface area (Å²) in [4.78, 5) is 16.5. The Morgan fingerprint density at radius 1 is 1.33 bits per heavy atom. The molecule has 1 N–H and O–H groups in total. The van der Waals surface area contributed by atoms with Gasteiger partial charge in [-0.05, 0) is 26.0 Å². The van der Waals surface area contributed by atoms with Crippen LogP contribution in [0.4, 0.5) is 0 Å². The van der Waals surface area contributed by atoms with Crippen LogP contribution in [0.5, 0.6) is 0 Å². The normalized spacial score (nSPS) is 20.6. The smallest absolute Gasteiger partial charge is 0.269 e. The van der Waals surface area contributed by atoms with Gasteiger partial charge in [-0.2, -0.15) is 0 Å². The molecule has 0 saturated carbocycles. The number of hydrogen-bond acceptors (Lipinski definition) is 4. The fraction of sp³-hybridized carbons (Fsp3) is 0.375. The molecule has 2 aromatic rings. The summed E-state index contributed by atoms with van der Waals surface area (Å²) in [6, 6.07) is 11.3. The van der Waals surface area contributed by atoms with Crippen molar-refractivity contribution in [3.05, 3.63) is 42.1 Å². The van der Waals surface area contributed by atoms with Gasteiger partial charge in [0.25, 0.3) is 5.91 Å². The molecular weight excluding hydrogens is 268 g/mol. The van der Waals surface area contributed by atoms with Crippen LogP contribution in [0.2, 0.25) is 0 Å². The maximum absolute atomic E-state index is 12.1. The van der Waals surface area contributed by atoms with E-state index in [2.05, 4.69) is 10.3 Å². The van der Waals surface area contributed by atoms with Gasteiger partial charge in [0.1, 0.15) is 11.8 Å². The van der Waals surface area contributed by atoms with Crippen LogP contribution in [0.3, 0.4) is 0 Å². The van der Waals surface area contributed by atoms with Gasteiger partial charge in [-0.3, -0.25) is 4.79 Å². The molecule has 110 valence electrons. The second kappa shape index (κ2) is 5.42. The molecule has 1 aromatic heterocycles. The molecule has 1 aromatic carbocycles. The molecule has 2 heterocycles. The third-order valence-corrected chi connectivity index (χ3v) is 3.39. The quantitative estimate of drug-likeness (QED) is 0.939. The minimum atomic E-state index is -0.573. The molecule has 3 rings (SSSR count). The third-order valence-electron chi connectivity index (χ3n) is 3.39. The molecule has 5 nitrogen and oxygen atoms in total. The van der Waals surface area contributed by atoms with Crippen molar-refractivity contribution < 1.29 is 14.3 Å². The summed E-state index contributed by atoms with van der Waals surface area (Å²) in [7, 11) is 0. The molecular formula is C16H18N2O3. The Labute approximate surface area is 123 Å². The van der Waals surface area contributed by atoms with Gasteiger partial charge in [-0.15, -0.1) is 0 Å². The summed E-state index contributed by atoms with van der Waals surface area (Å²) in [6.07, 6.45) is -0.121. The van der Waals surface area contributed by atoms with Gasteiger partial charge in [0, 0.05) is 11.9 Å². The van der Waals surface area contributed by atoms with E-state index < -0.39 is 5.79 Å². The number of ether oxygens (including phenoxy) is 2. The second-order valence-electron chi connectivity index (χ2n) is 5.55. The van der Waals surface area contributed by atoms with Crippen molar-refractivity contribution in [3.8, 4) is 0 Å². The predicted molar refractivity (Wildman–Crippen MR) is 79.0 cm³/mol. The van der Waals surface area contributed by atoms with Crippen molar-refractivity contribution in [1.29, 1.82) is 0 Å². The van der Waals surface area contributed by atoms with Crippen molar-refractivity contribution in [3.63, 3.8) is 0 Å². The van der Waals surface area contributed by atoms with Crippen LogP contribution in [0.1, 0.15) is 24.3 Å². The Bertz CT molecular complexity index is 669. The average Bonchev–Trinajstić information content (AvgIpc) is 2.83. The van der Waals surface area contributed by atoms with Gasteiger partial charge in [0.15, 0.2) is 5.79 Å². The van der Waals surface area contributed by atoms with Crippen molar-refractivity contribution in [1.82, 2.24) is 10.3 Å². The summed E-state index contributed by atoms with van der Waals surface area (Å²) in [5.74, 6) is -0.773. The highest BCUT2D eigenvalue weighted by molar-refractivity contribution is 5.94. The van der Waals surface area contributed by atoms with Gasteiger partial charge in [0.2, 0.25) is 0 Å². The lowest BCUT2D eigenvalue weighted by Crippen LogP contribution is -2.34. The van der Waals surface area contributed by atoms with Crippen molar-refractivity contribution >= 4 is 16.8 Å². The molecule has 1 saturated heterocycles. The van der Waals surface area contributed by atoms with Gasteiger partial charge in [-0.1, -0.05) is 24.3 Å². The van der Waals surface area contributed by atoms with Gasteiger partial charge in [-0.25, -0.2) is 4.98 Å². The number of para-hydroxylation sites is 1. The summed E-state index contributed by atoms with van der Waals surface area (Å²) in [5.41, 5.74) is 1.22. The zero-order valence-corrected chi connectivity index (χ0v) is 12.1. The first kappa shape index (κ1) is 14.0. The van der Waals surface area contributed by atoms with E-state index >= 15 is 0 Å². The monoisotopic (exact) mass is 286 g/mol. The van der Waals surface area contributed by atoms with Crippen LogP contribution in [-0.4, -0.2) is 35.9 Å². The first-order valence-electron chi connectivity index (χ1n) is 6.99. The van der Waals surface area contributed by atoms with Crippen LogP contribution in [0, 0.1) is 0 Å². The summed E-state index contributed by atoms with van der Waals surface area (Å²) in [5, 5.41) is 3.85. The number of benzene rings is 1. The predicted octanol–water partition coefficient (Wildman–Crippen LogP) is 2.12. The summed E-state index contributed by atoms with van der Waals surface area (Å²) >= 11 is 0. The lowest BCUT2D eigenvalue weighted by Gasteiger charge is -2.17. The zero-order chi connectivity index (χ0) is 14.9. The maximum atomic E-state index is 12.1. The molecule has 0 aliphatic carbocycles. The molecule has 1 aliphatic rings. The van der Waals surface area contributed by atoms with E-state index in [0.717, 1.165) is 10.9 Å². The molecule has 0 bridgehead atoms. The minimum Gasteiger partial charge on any atom is -0.348 e. The second-order valence-corrected chi connectivity index (χ2v) is 5.55. The Kier molecular flexibility index (Phi) is 3.61. The van der Waals surface area contributed by atoms with Crippen LogP contribution in [-0.2, 0) is 9.47 Å². The Morgan fingerprint density at radius 2 is 2.14 bits per heavy atom. The highest BCUT2D eigenvalue weighted by Gasteiger charge is 2.32. The molecule has 1 fully saturated rings. The fourth-order valence-corrected chi connectivity index (χ4v) is 2.35. The molecule has 5 heteroatoms. The highest BCUT2D eigenvalue weighted by atomic mass is 16.7. The molecule has 0 radical (unpaired) electrons. The number of fused-ring (bicyclic) bond motifs is 1. The SMILES string of the molecule is CC1(C)OCC(CNC(=O)c2ccc3ccccc3n2)O1. The van der Waals surface area contributed by atoms with Gasteiger partial charge >= 0.3 is 0 Å². The van der Waals surface area contributed by atoms with E-state index in [1.54, 1.807) is 6.07 Å². The molecule has 1 unspecified atom stereocenters. The minimum absolute atomic E-state index is 0.121. The van der Waals surface area contributed by atoms with Crippen molar-refractivity contribution in [2.24, 2.45) is 0 Å². The lowest BCUT2D eigenvalue weighted by molar-refractivity contribution is -0.137. The Hall–Kier alpha value is -1.98. The van der Waals surface area contributed by atoms with Crippen molar-refractivity contribution in [2.75, 3.05) is 13.2 Å². The Balaban J connectivity index is 1.64. The van der Waals surface area contributed by atoms with Crippen LogP contribution >= 0.6 is 0 Å². The number of nitrogens with one attached hydrogen (secondary N) is 1. The number of carbonyl (C=O) groups excluding carboxylic acids is 1. The first-order valence-corrected chi connectivity index (χ1v) is 6.99. The zero-order valence-electron chi connectivity index (χ0n) is 12.1. The van der Waals surface area contributed by atoms with Crippen LogP contribution < -0.4 is 5.32 Å².